The van der Waals surface area contributed by atoms with Gasteiger partial charge in [0, 0.05) is 6.54 Å². The van der Waals surface area contributed by atoms with E-state index in [0.29, 0.717) is 18.1 Å². The number of anilines is 1. The number of rotatable bonds is 6. The summed E-state index contributed by atoms with van der Waals surface area (Å²) in [5.74, 6) is -0.629. The lowest BCUT2D eigenvalue weighted by Gasteiger charge is -2.15. The summed E-state index contributed by atoms with van der Waals surface area (Å²) in [6.45, 7) is 5.97. The van der Waals surface area contributed by atoms with Crippen LogP contribution in [0.5, 0.6) is 0 Å². The van der Waals surface area contributed by atoms with E-state index in [-0.39, 0.29) is 11.5 Å². The molecule has 0 saturated carbocycles. The van der Waals surface area contributed by atoms with Gasteiger partial charge in [0.15, 0.2) is 0 Å². The molecule has 0 aliphatic carbocycles. The second-order valence-electron chi connectivity index (χ2n) is 4.29. The molecule has 19 heavy (non-hydrogen) atoms. The van der Waals surface area contributed by atoms with E-state index in [1.165, 1.54) is 6.07 Å². The molecule has 0 aliphatic rings. The van der Waals surface area contributed by atoms with Gasteiger partial charge in [0.1, 0.15) is 11.9 Å². The van der Waals surface area contributed by atoms with Crippen molar-refractivity contribution in [3.05, 3.63) is 23.4 Å². The molecule has 0 spiro atoms. The molecule has 1 aromatic rings. The van der Waals surface area contributed by atoms with Crippen molar-refractivity contribution in [1.29, 1.82) is 0 Å². The Bertz CT molecular complexity index is 474. The zero-order valence-corrected chi connectivity index (χ0v) is 11.4. The molecular formula is C13H19N3O3. The third-order valence-electron chi connectivity index (χ3n) is 2.62. The third-order valence-corrected chi connectivity index (χ3v) is 2.62. The number of carboxylic acids is 1. The molecule has 0 radical (unpaired) electrons. The minimum atomic E-state index is -1.01. The number of hydrogen-bond donors (Lipinski definition) is 3. The minimum absolute atomic E-state index is 0.108. The summed E-state index contributed by atoms with van der Waals surface area (Å²) in [5, 5.41) is 14.6. The molecule has 104 valence electrons. The second kappa shape index (κ2) is 6.72. The Morgan fingerprint density at radius 1 is 1.42 bits per heavy atom. The summed E-state index contributed by atoms with van der Waals surface area (Å²) >= 11 is 0. The zero-order chi connectivity index (χ0) is 14.4. The maximum absolute atomic E-state index is 11.7. The van der Waals surface area contributed by atoms with E-state index in [9.17, 15) is 9.59 Å². The van der Waals surface area contributed by atoms with Gasteiger partial charge < -0.3 is 15.7 Å². The van der Waals surface area contributed by atoms with Gasteiger partial charge in [-0.15, -0.1) is 0 Å². The van der Waals surface area contributed by atoms with Crippen molar-refractivity contribution in [2.75, 3.05) is 11.9 Å². The van der Waals surface area contributed by atoms with Crippen LogP contribution < -0.4 is 10.6 Å². The Morgan fingerprint density at radius 3 is 2.63 bits per heavy atom. The van der Waals surface area contributed by atoms with Gasteiger partial charge in [-0.05, 0) is 32.4 Å². The number of nitrogens with zero attached hydrogens (tertiary/aromatic N) is 1. The molecule has 0 aromatic carbocycles. The first-order valence-electron chi connectivity index (χ1n) is 6.21. The maximum atomic E-state index is 11.7. The summed E-state index contributed by atoms with van der Waals surface area (Å²) in [6, 6.07) is 2.61. The van der Waals surface area contributed by atoms with Gasteiger partial charge >= 0.3 is 5.97 Å². The lowest BCUT2D eigenvalue weighted by molar-refractivity contribution is -0.121. The van der Waals surface area contributed by atoms with Crippen LogP contribution in [0.1, 0.15) is 36.3 Å². The fraction of sp³-hybridized carbons (Fsp3) is 0.462. The molecule has 1 amide bonds. The highest BCUT2D eigenvalue weighted by molar-refractivity contribution is 5.89. The molecule has 0 bridgehead atoms. The number of aromatic carboxylic acids is 1. The van der Waals surface area contributed by atoms with Crippen LogP contribution in [0.4, 0.5) is 5.82 Å². The summed E-state index contributed by atoms with van der Waals surface area (Å²) in [6.07, 6.45) is 0.878. The first kappa shape index (κ1) is 14.9. The molecule has 1 rings (SSSR count). The Kier molecular flexibility index (Phi) is 5.29. The van der Waals surface area contributed by atoms with Crippen molar-refractivity contribution >= 4 is 17.7 Å². The standard InChI is InChI=1S/C13H19N3O3/c1-4-7-14-12(17)9(3)16-11-6-5-10(13(18)19)8(2)15-11/h5-6,9H,4,7H2,1-3H3,(H,14,17)(H,15,16)(H,18,19). The topological polar surface area (TPSA) is 91.3 Å². The van der Waals surface area contributed by atoms with Crippen LogP contribution in [-0.2, 0) is 4.79 Å². The van der Waals surface area contributed by atoms with Gasteiger partial charge in [-0.25, -0.2) is 9.78 Å². The normalized spacial score (nSPS) is 11.7. The van der Waals surface area contributed by atoms with Crippen molar-refractivity contribution in [3.63, 3.8) is 0 Å². The molecule has 1 unspecified atom stereocenters. The first-order valence-corrected chi connectivity index (χ1v) is 6.21. The lowest BCUT2D eigenvalue weighted by Crippen LogP contribution is -2.38. The Hall–Kier alpha value is -2.11. The van der Waals surface area contributed by atoms with Crippen LogP contribution in [0.2, 0.25) is 0 Å². The summed E-state index contributed by atoms with van der Waals surface area (Å²) in [4.78, 5) is 26.7. The Balaban J connectivity index is 2.69. The number of aromatic nitrogens is 1. The molecule has 0 aliphatic heterocycles. The Morgan fingerprint density at radius 2 is 2.11 bits per heavy atom. The van der Waals surface area contributed by atoms with Gasteiger partial charge in [0.25, 0.3) is 0 Å². The van der Waals surface area contributed by atoms with Crippen LogP contribution in [-0.4, -0.2) is 34.6 Å². The molecule has 1 atom stereocenters. The predicted molar refractivity (Wildman–Crippen MR) is 72.3 cm³/mol. The van der Waals surface area contributed by atoms with Crippen molar-refractivity contribution in [2.45, 2.75) is 33.2 Å². The quantitative estimate of drug-likeness (QED) is 0.723. The van der Waals surface area contributed by atoms with E-state index in [4.69, 9.17) is 5.11 Å². The Labute approximate surface area is 112 Å². The number of aryl methyl sites for hydroxylation is 1. The third kappa shape index (κ3) is 4.24. The molecule has 0 saturated heterocycles. The van der Waals surface area contributed by atoms with Crippen molar-refractivity contribution in [1.82, 2.24) is 10.3 Å². The summed E-state index contributed by atoms with van der Waals surface area (Å²) in [5.41, 5.74) is 0.576. The van der Waals surface area contributed by atoms with Gasteiger partial charge in [-0.1, -0.05) is 6.92 Å². The molecule has 1 heterocycles. The van der Waals surface area contributed by atoms with E-state index in [1.807, 2.05) is 6.92 Å². The fourth-order valence-electron chi connectivity index (χ4n) is 1.56. The molecule has 6 heteroatoms. The summed E-state index contributed by atoms with van der Waals surface area (Å²) < 4.78 is 0. The van der Waals surface area contributed by atoms with E-state index < -0.39 is 12.0 Å². The maximum Gasteiger partial charge on any atom is 0.337 e. The monoisotopic (exact) mass is 265 g/mol. The van der Waals surface area contributed by atoms with Gasteiger partial charge in [-0.2, -0.15) is 0 Å². The number of pyridine rings is 1. The molecule has 0 fully saturated rings. The van der Waals surface area contributed by atoms with Crippen molar-refractivity contribution in [3.8, 4) is 0 Å². The number of hydrogen-bond acceptors (Lipinski definition) is 4. The highest BCUT2D eigenvalue weighted by Gasteiger charge is 2.14. The molecule has 3 N–H and O–H groups in total. The molecular weight excluding hydrogens is 246 g/mol. The van der Waals surface area contributed by atoms with Gasteiger partial charge in [-0.3, -0.25) is 4.79 Å². The van der Waals surface area contributed by atoms with Gasteiger partial charge in [0.05, 0.1) is 11.3 Å². The number of carbonyl (C=O) groups is 2. The van der Waals surface area contributed by atoms with Crippen molar-refractivity contribution in [2.24, 2.45) is 0 Å². The second-order valence-corrected chi connectivity index (χ2v) is 4.29. The van der Waals surface area contributed by atoms with Crippen molar-refractivity contribution < 1.29 is 14.7 Å². The SMILES string of the molecule is CCCNC(=O)C(C)Nc1ccc(C(=O)O)c(C)n1. The van der Waals surface area contributed by atoms with Crippen LogP contribution >= 0.6 is 0 Å². The van der Waals surface area contributed by atoms with E-state index in [2.05, 4.69) is 15.6 Å². The van der Waals surface area contributed by atoms with E-state index in [1.54, 1.807) is 19.9 Å². The smallest absolute Gasteiger partial charge is 0.337 e. The van der Waals surface area contributed by atoms with E-state index >= 15 is 0 Å². The molecule has 6 nitrogen and oxygen atoms in total. The fourth-order valence-corrected chi connectivity index (χ4v) is 1.56. The number of carboxylic acid groups (broad SMARTS) is 1. The highest BCUT2D eigenvalue weighted by Crippen LogP contribution is 2.11. The predicted octanol–water partition coefficient (Wildman–Crippen LogP) is 1.41. The highest BCUT2D eigenvalue weighted by atomic mass is 16.4. The van der Waals surface area contributed by atoms with Crippen LogP contribution in [0.25, 0.3) is 0 Å². The zero-order valence-electron chi connectivity index (χ0n) is 11.4. The molecule has 1 aromatic heterocycles. The number of carbonyl (C=O) groups excluding carboxylic acids is 1. The van der Waals surface area contributed by atoms with Crippen LogP contribution in [0, 0.1) is 6.92 Å². The number of nitrogens with one attached hydrogen (secondary N) is 2. The number of amides is 1. The average Bonchev–Trinajstić information content (AvgIpc) is 2.35. The summed E-state index contributed by atoms with van der Waals surface area (Å²) in [7, 11) is 0. The average molecular weight is 265 g/mol. The minimum Gasteiger partial charge on any atom is -0.478 e. The largest absolute Gasteiger partial charge is 0.478 e. The van der Waals surface area contributed by atoms with E-state index in [0.717, 1.165) is 6.42 Å². The van der Waals surface area contributed by atoms with Gasteiger partial charge in [0.2, 0.25) is 5.91 Å². The van der Waals surface area contributed by atoms with Crippen LogP contribution in [0.15, 0.2) is 12.1 Å². The lowest BCUT2D eigenvalue weighted by atomic mass is 10.2. The first-order chi connectivity index (χ1) is 8.95. The van der Waals surface area contributed by atoms with Crippen LogP contribution in [0.3, 0.4) is 0 Å².